The number of fused-ring (bicyclic) bond motifs is 1. The second-order valence-corrected chi connectivity index (χ2v) is 7.36. The zero-order chi connectivity index (χ0) is 18.9. The maximum absolute atomic E-state index is 6.06. The first kappa shape index (κ1) is 17.0. The first-order valence-electron chi connectivity index (χ1n) is 9.80. The van der Waals surface area contributed by atoms with Gasteiger partial charge in [0.2, 0.25) is 5.89 Å². The Labute approximate surface area is 163 Å². The fraction of sp³-hybridized carbons (Fsp3) is 0.318. The number of rotatable bonds is 4. The summed E-state index contributed by atoms with van der Waals surface area (Å²) in [7, 11) is 0. The van der Waals surface area contributed by atoms with Crippen LogP contribution in [-0.4, -0.2) is 26.0 Å². The van der Waals surface area contributed by atoms with Gasteiger partial charge in [-0.05, 0) is 56.4 Å². The SMILES string of the molecule is Cc1cc2[nH]c(OC3CCCCC3)nc2nc1-c1ccc(-c2ncco2)cc1. The van der Waals surface area contributed by atoms with Crippen molar-refractivity contribution in [2.24, 2.45) is 0 Å². The summed E-state index contributed by atoms with van der Waals surface area (Å²) in [5.41, 5.74) is 5.57. The highest BCUT2D eigenvalue weighted by molar-refractivity contribution is 5.78. The second-order valence-electron chi connectivity index (χ2n) is 7.36. The second kappa shape index (κ2) is 7.11. The van der Waals surface area contributed by atoms with Gasteiger partial charge in [-0.2, -0.15) is 4.98 Å². The molecule has 0 unspecified atom stereocenters. The molecular weight excluding hydrogens is 352 g/mol. The summed E-state index contributed by atoms with van der Waals surface area (Å²) in [5, 5.41) is 0. The van der Waals surface area contributed by atoms with E-state index in [9.17, 15) is 0 Å². The van der Waals surface area contributed by atoms with Gasteiger partial charge in [0, 0.05) is 11.1 Å². The van der Waals surface area contributed by atoms with E-state index in [1.807, 2.05) is 24.3 Å². The number of hydrogen-bond acceptors (Lipinski definition) is 5. The predicted octanol–water partition coefficient (Wildman–Crippen LogP) is 5.30. The Hall–Kier alpha value is -3.15. The third-order valence-electron chi connectivity index (χ3n) is 5.31. The van der Waals surface area contributed by atoms with Gasteiger partial charge in [0.1, 0.15) is 12.4 Å². The highest BCUT2D eigenvalue weighted by atomic mass is 16.5. The van der Waals surface area contributed by atoms with E-state index in [1.165, 1.54) is 19.3 Å². The van der Waals surface area contributed by atoms with E-state index in [0.717, 1.165) is 40.7 Å². The number of aryl methyl sites for hydroxylation is 1. The van der Waals surface area contributed by atoms with Gasteiger partial charge in [0.05, 0.1) is 17.4 Å². The average Bonchev–Trinajstić information content (AvgIpc) is 3.38. The summed E-state index contributed by atoms with van der Waals surface area (Å²) in [6.07, 6.45) is 9.46. The summed E-state index contributed by atoms with van der Waals surface area (Å²) < 4.78 is 11.4. The molecule has 0 atom stereocenters. The molecule has 4 aromatic rings. The molecule has 0 spiro atoms. The maximum atomic E-state index is 6.06. The molecular formula is C22H22N4O2. The number of hydrogen-bond donors (Lipinski definition) is 1. The van der Waals surface area contributed by atoms with Crippen LogP contribution in [0, 0.1) is 6.92 Å². The lowest BCUT2D eigenvalue weighted by molar-refractivity contribution is 0.143. The molecule has 5 rings (SSSR count). The number of oxazole rings is 1. The molecule has 142 valence electrons. The van der Waals surface area contributed by atoms with Gasteiger partial charge in [-0.1, -0.05) is 18.6 Å². The fourth-order valence-corrected chi connectivity index (χ4v) is 3.85. The molecule has 3 aromatic heterocycles. The predicted molar refractivity (Wildman–Crippen MR) is 107 cm³/mol. The van der Waals surface area contributed by atoms with Crippen molar-refractivity contribution in [1.82, 2.24) is 19.9 Å². The Kier molecular flexibility index (Phi) is 4.31. The quantitative estimate of drug-likeness (QED) is 0.524. The fourth-order valence-electron chi connectivity index (χ4n) is 3.85. The van der Waals surface area contributed by atoms with Crippen LogP contribution in [0.25, 0.3) is 33.9 Å². The number of nitrogens with zero attached hydrogens (tertiary/aromatic N) is 3. The monoisotopic (exact) mass is 374 g/mol. The number of aromatic nitrogens is 4. The van der Waals surface area contributed by atoms with Crippen LogP contribution in [0.1, 0.15) is 37.7 Å². The maximum Gasteiger partial charge on any atom is 0.296 e. The Balaban J connectivity index is 1.43. The average molecular weight is 374 g/mol. The van der Waals surface area contributed by atoms with E-state index < -0.39 is 0 Å². The van der Waals surface area contributed by atoms with E-state index in [1.54, 1.807) is 12.5 Å². The van der Waals surface area contributed by atoms with E-state index in [0.29, 0.717) is 17.5 Å². The summed E-state index contributed by atoms with van der Waals surface area (Å²) >= 11 is 0. The van der Waals surface area contributed by atoms with Gasteiger partial charge in [-0.15, -0.1) is 0 Å². The van der Waals surface area contributed by atoms with Crippen LogP contribution in [0.4, 0.5) is 0 Å². The highest BCUT2D eigenvalue weighted by Crippen LogP contribution is 2.28. The molecule has 6 nitrogen and oxygen atoms in total. The van der Waals surface area contributed by atoms with Crippen LogP contribution in [0.5, 0.6) is 6.01 Å². The van der Waals surface area contributed by atoms with Crippen molar-refractivity contribution >= 4 is 11.2 Å². The Morgan fingerprint density at radius 1 is 1.04 bits per heavy atom. The molecule has 0 bridgehead atoms. The molecule has 1 N–H and O–H groups in total. The molecule has 0 amide bonds. The lowest BCUT2D eigenvalue weighted by Crippen LogP contribution is -2.20. The van der Waals surface area contributed by atoms with Crippen molar-refractivity contribution in [1.29, 1.82) is 0 Å². The van der Waals surface area contributed by atoms with Gasteiger partial charge in [0.25, 0.3) is 6.01 Å². The third kappa shape index (κ3) is 3.26. The number of aromatic amines is 1. The lowest BCUT2D eigenvalue weighted by Gasteiger charge is -2.21. The minimum atomic E-state index is 0.262. The Bertz CT molecular complexity index is 1080. The number of imidazole rings is 1. The lowest BCUT2D eigenvalue weighted by atomic mass is 9.98. The molecule has 28 heavy (non-hydrogen) atoms. The van der Waals surface area contributed by atoms with Gasteiger partial charge in [-0.3, -0.25) is 0 Å². The van der Waals surface area contributed by atoms with Crippen molar-refractivity contribution in [3.8, 4) is 28.7 Å². The van der Waals surface area contributed by atoms with Gasteiger partial charge < -0.3 is 14.1 Å². The van der Waals surface area contributed by atoms with E-state index in [-0.39, 0.29) is 6.10 Å². The van der Waals surface area contributed by atoms with Crippen molar-refractivity contribution < 1.29 is 9.15 Å². The number of benzene rings is 1. The number of ether oxygens (including phenoxy) is 1. The van der Waals surface area contributed by atoms with Crippen molar-refractivity contribution in [2.75, 3.05) is 0 Å². The zero-order valence-electron chi connectivity index (χ0n) is 15.8. The van der Waals surface area contributed by atoms with Gasteiger partial charge in [0.15, 0.2) is 5.65 Å². The van der Waals surface area contributed by atoms with Crippen molar-refractivity contribution in [3.63, 3.8) is 0 Å². The topological polar surface area (TPSA) is 76.8 Å². The minimum absolute atomic E-state index is 0.262. The van der Waals surface area contributed by atoms with Crippen LogP contribution < -0.4 is 4.74 Å². The summed E-state index contributed by atoms with van der Waals surface area (Å²) in [6, 6.07) is 10.7. The normalized spacial score (nSPS) is 15.2. The number of nitrogens with one attached hydrogen (secondary N) is 1. The van der Waals surface area contributed by atoms with E-state index in [4.69, 9.17) is 14.1 Å². The zero-order valence-corrected chi connectivity index (χ0v) is 15.8. The molecule has 0 aliphatic heterocycles. The van der Waals surface area contributed by atoms with E-state index in [2.05, 4.69) is 27.9 Å². The van der Waals surface area contributed by atoms with Crippen LogP contribution in [-0.2, 0) is 0 Å². The van der Waals surface area contributed by atoms with Crippen LogP contribution in [0.15, 0.2) is 47.2 Å². The highest BCUT2D eigenvalue weighted by Gasteiger charge is 2.17. The summed E-state index contributed by atoms with van der Waals surface area (Å²) in [6.45, 7) is 2.06. The molecule has 6 heteroatoms. The Morgan fingerprint density at radius 3 is 2.57 bits per heavy atom. The molecule has 1 aromatic carbocycles. The van der Waals surface area contributed by atoms with Crippen molar-refractivity contribution in [2.45, 2.75) is 45.1 Å². The van der Waals surface area contributed by atoms with Crippen molar-refractivity contribution in [3.05, 3.63) is 48.4 Å². The summed E-state index contributed by atoms with van der Waals surface area (Å²) in [5.74, 6) is 0.614. The molecule has 1 aliphatic carbocycles. The molecule has 0 saturated heterocycles. The van der Waals surface area contributed by atoms with Gasteiger partial charge in [-0.25, -0.2) is 9.97 Å². The minimum Gasteiger partial charge on any atom is -0.461 e. The van der Waals surface area contributed by atoms with Crippen LogP contribution in [0.3, 0.4) is 0 Å². The molecule has 3 heterocycles. The van der Waals surface area contributed by atoms with Gasteiger partial charge >= 0.3 is 0 Å². The van der Waals surface area contributed by atoms with Crippen LogP contribution >= 0.6 is 0 Å². The molecule has 0 radical (unpaired) electrons. The third-order valence-corrected chi connectivity index (χ3v) is 5.31. The smallest absolute Gasteiger partial charge is 0.296 e. The van der Waals surface area contributed by atoms with Crippen LogP contribution in [0.2, 0.25) is 0 Å². The number of pyridine rings is 1. The molecule has 1 aliphatic rings. The standard InChI is InChI=1S/C22H22N4O2/c1-14-13-18-20(26-22(24-18)28-17-5-3-2-4-6-17)25-19(14)15-7-9-16(10-8-15)21-23-11-12-27-21/h7-13,17H,2-6H2,1H3,(H,24,25,26). The number of H-pyrrole nitrogens is 1. The van der Waals surface area contributed by atoms with E-state index >= 15 is 0 Å². The first-order chi connectivity index (χ1) is 13.8. The molecule has 1 saturated carbocycles. The summed E-state index contributed by atoms with van der Waals surface area (Å²) in [4.78, 5) is 16.8. The Morgan fingerprint density at radius 2 is 1.82 bits per heavy atom. The first-order valence-corrected chi connectivity index (χ1v) is 9.80. The molecule has 1 fully saturated rings. The largest absolute Gasteiger partial charge is 0.461 e.